The average molecular weight is 359 g/mol. The van der Waals surface area contributed by atoms with E-state index in [1.54, 1.807) is 30.5 Å². The number of anilines is 1. The van der Waals surface area contributed by atoms with Gasteiger partial charge in [-0.2, -0.15) is 8.78 Å². The zero-order valence-corrected chi connectivity index (χ0v) is 12.4. The van der Waals surface area contributed by atoms with E-state index in [4.69, 9.17) is 0 Å². The minimum absolute atomic E-state index is 0.318. The molecule has 0 radical (unpaired) electrons. The molecular formula is C13H9BrF2N2OS. The molecule has 1 heterocycles. The molecule has 0 aliphatic carbocycles. The van der Waals surface area contributed by atoms with Crippen LogP contribution in [0.5, 0.6) is 0 Å². The zero-order chi connectivity index (χ0) is 14.5. The molecule has 0 bridgehead atoms. The van der Waals surface area contributed by atoms with Gasteiger partial charge in [0.25, 0.3) is 11.7 Å². The van der Waals surface area contributed by atoms with Crippen molar-refractivity contribution in [2.45, 2.75) is 10.7 Å². The van der Waals surface area contributed by atoms with Gasteiger partial charge in [-0.3, -0.25) is 9.78 Å². The van der Waals surface area contributed by atoms with Crippen molar-refractivity contribution in [2.24, 2.45) is 0 Å². The Bertz CT molecular complexity index is 625. The molecule has 20 heavy (non-hydrogen) atoms. The lowest BCUT2D eigenvalue weighted by atomic mass is 10.2. The first-order valence-electron chi connectivity index (χ1n) is 5.52. The molecular weight excluding hydrogens is 350 g/mol. The van der Waals surface area contributed by atoms with Gasteiger partial charge >= 0.3 is 0 Å². The van der Waals surface area contributed by atoms with Crippen LogP contribution in [-0.4, -0.2) is 16.6 Å². The Morgan fingerprint density at radius 3 is 2.75 bits per heavy atom. The molecule has 0 saturated carbocycles. The summed E-state index contributed by atoms with van der Waals surface area (Å²) in [6.45, 7) is 0. The highest BCUT2D eigenvalue weighted by molar-refractivity contribution is 9.10. The van der Waals surface area contributed by atoms with Crippen LogP contribution in [0.1, 0.15) is 10.4 Å². The van der Waals surface area contributed by atoms with Crippen LogP contribution in [0.3, 0.4) is 0 Å². The van der Waals surface area contributed by atoms with Crippen LogP contribution in [0.25, 0.3) is 0 Å². The van der Waals surface area contributed by atoms with Crippen molar-refractivity contribution in [1.82, 2.24) is 4.98 Å². The summed E-state index contributed by atoms with van der Waals surface area (Å²) in [5.74, 6) is -2.94. The monoisotopic (exact) mass is 358 g/mol. The van der Waals surface area contributed by atoms with Gasteiger partial charge in [0, 0.05) is 21.8 Å². The number of carbonyl (C=O) groups is 1. The predicted octanol–water partition coefficient (Wildman–Crippen LogP) is 4.41. The van der Waals surface area contributed by atoms with E-state index >= 15 is 0 Å². The fourth-order valence-electron chi connectivity index (χ4n) is 1.50. The van der Waals surface area contributed by atoms with Crippen molar-refractivity contribution in [2.75, 3.05) is 5.32 Å². The van der Waals surface area contributed by atoms with Gasteiger partial charge in [0.15, 0.2) is 0 Å². The molecule has 2 rings (SSSR count). The molecule has 7 heteroatoms. The second-order valence-electron chi connectivity index (χ2n) is 3.72. The van der Waals surface area contributed by atoms with E-state index in [0.29, 0.717) is 32.4 Å². The Labute approximate surface area is 126 Å². The summed E-state index contributed by atoms with van der Waals surface area (Å²) in [5.41, 5.74) is 0.694. The zero-order valence-electron chi connectivity index (χ0n) is 10.0. The number of hydrogen-bond acceptors (Lipinski definition) is 3. The normalized spacial score (nSPS) is 10.6. The van der Waals surface area contributed by atoms with E-state index in [0.717, 1.165) is 0 Å². The first-order valence-corrected chi connectivity index (χ1v) is 7.19. The number of thioether (sulfide) groups is 1. The van der Waals surface area contributed by atoms with Gasteiger partial charge in [-0.05, 0) is 34.1 Å². The molecule has 1 aromatic heterocycles. The lowest BCUT2D eigenvalue weighted by Crippen LogP contribution is -2.13. The number of para-hydroxylation sites is 1. The highest BCUT2D eigenvalue weighted by atomic mass is 79.9. The molecule has 1 aromatic carbocycles. The van der Waals surface area contributed by atoms with Crippen molar-refractivity contribution in [3.8, 4) is 0 Å². The van der Waals surface area contributed by atoms with Gasteiger partial charge in [-0.25, -0.2) is 0 Å². The van der Waals surface area contributed by atoms with E-state index in [1.807, 2.05) is 0 Å². The van der Waals surface area contributed by atoms with Gasteiger partial charge in [-0.15, -0.1) is 0 Å². The van der Waals surface area contributed by atoms with Crippen LogP contribution in [-0.2, 0) is 0 Å². The number of nitrogens with one attached hydrogen (secondary N) is 1. The second kappa shape index (κ2) is 6.81. The maximum absolute atomic E-state index is 12.4. The summed E-state index contributed by atoms with van der Waals surface area (Å²) in [7, 11) is 0. The van der Waals surface area contributed by atoms with Crippen LogP contribution in [0.2, 0.25) is 0 Å². The first kappa shape index (κ1) is 14.9. The van der Waals surface area contributed by atoms with Crippen molar-refractivity contribution in [3.63, 3.8) is 0 Å². The molecule has 0 atom stereocenters. The van der Waals surface area contributed by atoms with Gasteiger partial charge in [0.05, 0.1) is 11.3 Å². The molecule has 3 nitrogen and oxygen atoms in total. The number of aromatic nitrogens is 1. The summed E-state index contributed by atoms with van der Waals surface area (Å²) >= 11 is 3.61. The lowest BCUT2D eigenvalue weighted by Gasteiger charge is -2.10. The number of carbonyl (C=O) groups excluding carboxylic acids is 1. The van der Waals surface area contributed by atoms with Gasteiger partial charge < -0.3 is 5.32 Å². The van der Waals surface area contributed by atoms with Crippen LogP contribution in [0.15, 0.2) is 52.1 Å². The fourth-order valence-corrected chi connectivity index (χ4v) is 2.46. The Kier molecular flexibility index (Phi) is 5.08. The van der Waals surface area contributed by atoms with E-state index in [1.165, 1.54) is 12.3 Å². The smallest absolute Gasteiger partial charge is 0.288 e. The number of amides is 1. The lowest BCUT2D eigenvalue weighted by molar-refractivity contribution is 0.102. The highest BCUT2D eigenvalue weighted by Crippen LogP contribution is 2.31. The average Bonchev–Trinajstić information content (AvgIpc) is 2.40. The molecule has 0 fully saturated rings. The summed E-state index contributed by atoms with van der Waals surface area (Å²) in [6.07, 6.45) is 2.96. The maximum Gasteiger partial charge on any atom is 0.288 e. The number of rotatable bonds is 4. The molecule has 0 spiro atoms. The topological polar surface area (TPSA) is 42.0 Å². The van der Waals surface area contributed by atoms with Crippen molar-refractivity contribution in [3.05, 3.63) is 52.8 Å². The second-order valence-corrected chi connectivity index (χ2v) is 5.67. The van der Waals surface area contributed by atoms with Gasteiger partial charge in [0.1, 0.15) is 0 Å². The third kappa shape index (κ3) is 4.01. The van der Waals surface area contributed by atoms with E-state index in [-0.39, 0.29) is 0 Å². The maximum atomic E-state index is 12.4. The minimum Gasteiger partial charge on any atom is -0.321 e. The summed E-state index contributed by atoms with van der Waals surface area (Å²) in [4.78, 5) is 16.2. The molecule has 0 aliphatic heterocycles. The number of alkyl halides is 2. The first-order chi connectivity index (χ1) is 9.56. The van der Waals surface area contributed by atoms with Crippen molar-refractivity contribution in [1.29, 1.82) is 0 Å². The number of pyridine rings is 1. The van der Waals surface area contributed by atoms with Gasteiger partial charge in [-0.1, -0.05) is 23.9 Å². The van der Waals surface area contributed by atoms with Crippen molar-refractivity contribution < 1.29 is 13.6 Å². The van der Waals surface area contributed by atoms with Crippen LogP contribution >= 0.6 is 27.7 Å². The Morgan fingerprint density at radius 1 is 1.30 bits per heavy atom. The van der Waals surface area contributed by atoms with E-state index in [2.05, 4.69) is 26.2 Å². The minimum atomic E-state index is -2.54. The standard InChI is InChI=1S/C13H9BrF2N2OS/c14-9-5-8(6-17-7-9)12(19)18-10-3-1-2-4-11(10)20-13(15)16/h1-7,13H,(H,18,19). The Balaban J connectivity index is 2.19. The highest BCUT2D eigenvalue weighted by Gasteiger charge is 2.13. The fraction of sp³-hybridized carbons (Fsp3) is 0.0769. The third-order valence-electron chi connectivity index (χ3n) is 2.32. The van der Waals surface area contributed by atoms with Crippen LogP contribution in [0.4, 0.5) is 14.5 Å². The van der Waals surface area contributed by atoms with Crippen molar-refractivity contribution >= 4 is 39.3 Å². The number of nitrogens with zero attached hydrogens (tertiary/aromatic N) is 1. The summed E-state index contributed by atoms with van der Waals surface area (Å²) in [6, 6.07) is 8.02. The molecule has 0 saturated heterocycles. The van der Waals surface area contributed by atoms with Crippen LogP contribution < -0.4 is 5.32 Å². The molecule has 1 N–H and O–H groups in total. The van der Waals surface area contributed by atoms with E-state index < -0.39 is 11.7 Å². The molecule has 1 amide bonds. The van der Waals surface area contributed by atoms with Gasteiger partial charge in [0.2, 0.25) is 0 Å². The quantitative estimate of drug-likeness (QED) is 0.823. The predicted molar refractivity (Wildman–Crippen MR) is 78.2 cm³/mol. The SMILES string of the molecule is O=C(Nc1ccccc1SC(F)F)c1cncc(Br)c1. The Hall–Kier alpha value is -1.47. The third-order valence-corrected chi connectivity index (χ3v) is 3.54. The Morgan fingerprint density at radius 2 is 2.05 bits per heavy atom. The number of hydrogen-bond donors (Lipinski definition) is 1. The number of benzene rings is 1. The molecule has 0 aliphatic rings. The summed E-state index contributed by atoms with van der Waals surface area (Å²) < 4.78 is 25.6. The van der Waals surface area contributed by atoms with E-state index in [9.17, 15) is 13.6 Å². The number of halogens is 3. The molecule has 0 unspecified atom stereocenters. The largest absolute Gasteiger partial charge is 0.321 e. The summed E-state index contributed by atoms with van der Waals surface area (Å²) in [5, 5.41) is 2.61. The molecule has 104 valence electrons. The van der Waals surface area contributed by atoms with Crippen LogP contribution in [0, 0.1) is 0 Å². The molecule has 2 aromatic rings.